The molecule has 0 aromatic carbocycles. The Kier molecular flexibility index (Phi) is 6.34. The van der Waals surface area contributed by atoms with Crippen LogP contribution < -0.4 is 5.32 Å². The normalized spacial score (nSPS) is 16.6. The Morgan fingerprint density at radius 1 is 1.41 bits per heavy atom. The summed E-state index contributed by atoms with van der Waals surface area (Å²) in [5.41, 5.74) is 2.93. The number of aromatic nitrogens is 2. The van der Waals surface area contributed by atoms with E-state index in [1.54, 1.807) is 18.2 Å². The van der Waals surface area contributed by atoms with Gasteiger partial charge in [-0.3, -0.25) is 9.48 Å². The number of rotatable bonds is 8. The molecule has 1 atom stereocenters. The first-order valence-electron chi connectivity index (χ1n) is 9.74. The van der Waals surface area contributed by atoms with E-state index in [4.69, 9.17) is 4.42 Å². The Hall–Kier alpha value is -2.12. The van der Waals surface area contributed by atoms with Gasteiger partial charge in [0.25, 0.3) is 5.91 Å². The fourth-order valence-electron chi connectivity index (χ4n) is 3.68. The minimum absolute atomic E-state index is 0.0382. The van der Waals surface area contributed by atoms with Gasteiger partial charge in [-0.15, -0.1) is 0 Å². The van der Waals surface area contributed by atoms with E-state index in [1.807, 2.05) is 16.8 Å². The van der Waals surface area contributed by atoms with Gasteiger partial charge in [0.1, 0.15) is 5.76 Å². The number of aryl methyl sites for hydroxylation is 1. The summed E-state index contributed by atoms with van der Waals surface area (Å²) >= 11 is 0. The number of nitrogens with one attached hydrogen (secondary N) is 1. The minimum atomic E-state index is -0.0382. The van der Waals surface area contributed by atoms with E-state index in [9.17, 15) is 4.79 Å². The number of furan rings is 1. The quantitative estimate of drug-likeness (QED) is 0.764. The van der Waals surface area contributed by atoms with E-state index >= 15 is 0 Å². The van der Waals surface area contributed by atoms with Gasteiger partial charge < -0.3 is 19.5 Å². The molecule has 1 aliphatic carbocycles. The molecule has 0 saturated carbocycles. The molecule has 0 aliphatic heterocycles. The highest BCUT2D eigenvalue weighted by Gasteiger charge is 2.30. The van der Waals surface area contributed by atoms with Crippen LogP contribution in [0.5, 0.6) is 0 Å². The molecule has 2 aromatic rings. The first-order chi connectivity index (χ1) is 13.0. The largest absolute Gasteiger partial charge is 0.467 e. The zero-order chi connectivity index (χ0) is 19.4. The highest BCUT2D eigenvalue weighted by Crippen LogP contribution is 2.26. The van der Waals surface area contributed by atoms with Gasteiger partial charge in [0, 0.05) is 44.0 Å². The van der Waals surface area contributed by atoms with Crippen LogP contribution in [0.3, 0.4) is 0 Å². The second-order valence-corrected chi connectivity index (χ2v) is 7.53. The maximum Gasteiger partial charge on any atom is 0.274 e. The molecule has 2 heterocycles. The summed E-state index contributed by atoms with van der Waals surface area (Å²) in [6.07, 6.45) is 4.54. The summed E-state index contributed by atoms with van der Waals surface area (Å²) in [6, 6.07) is 4.12. The van der Waals surface area contributed by atoms with Gasteiger partial charge in [-0.05, 0) is 52.4 Å². The maximum absolute atomic E-state index is 13.1. The average molecular weight is 374 g/mol. The zero-order valence-corrected chi connectivity index (χ0v) is 16.9. The molecule has 0 spiro atoms. The lowest BCUT2D eigenvalue weighted by molar-refractivity contribution is 0.0767. The molecular weight excluding hydrogens is 342 g/mol. The third-order valence-electron chi connectivity index (χ3n) is 5.16. The topological polar surface area (TPSA) is 66.5 Å². The van der Waals surface area contributed by atoms with Crippen LogP contribution in [0.1, 0.15) is 40.9 Å². The van der Waals surface area contributed by atoms with E-state index in [0.717, 1.165) is 50.2 Å². The van der Waals surface area contributed by atoms with Crippen molar-refractivity contribution < 1.29 is 9.21 Å². The van der Waals surface area contributed by atoms with Crippen molar-refractivity contribution in [1.29, 1.82) is 0 Å². The van der Waals surface area contributed by atoms with Gasteiger partial charge >= 0.3 is 0 Å². The van der Waals surface area contributed by atoms with Crippen LogP contribution in [-0.4, -0.2) is 65.8 Å². The Bertz CT molecular complexity index is 751. The predicted molar refractivity (Wildman–Crippen MR) is 105 cm³/mol. The Labute approximate surface area is 161 Å². The molecule has 27 heavy (non-hydrogen) atoms. The molecule has 0 saturated heterocycles. The lowest BCUT2D eigenvalue weighted by atomic mass is 9.91. The fourth-order valence-corrected chi connectivity index (χ4v) is 3.68. The zero-order valence-electron chi connectivity index (χ0n) is 16.9. The van der Waals surface area contributed by atoms with Crippen molar-refractivity contribution in [1.82, 2.24) is 24.9 Å². The number of likely N-dealkylation sites (N-methyl/N-ethyl adjacent to an activating group) is 1. The molecule has 0 bridgehead atoms. The summed E-state index contributed by atoms with van der Waals surface area (Å²) < 4.78 is 7.38. The monoisotopic (exact) mass is 373 g/mol. The summed E-state index contributed by atoms with van der Waals surface area (Å²) in [5, 5.41) is 8.30. The molecule has 1 N–H and O–H groups in total. The van der Waals surface area contributed by atoms with Crippen molar-refractivity contribution in [2.75, 3.05) is 34.2 Å². The van der Waals surface area contributed by atoms with E-state index in [2.05, 4.69) is 36.3 Å². The SMILES string of the molecule is CCn1nc(C(=O)N(C)Cc2ccco2)c2c1CCC(NCCN(C)C)C2. The number of fused-ring (bicyclic) bond motifs is 1. The minimum Gasteiger partial charge on any atom is -0.467 e. The predicted octanol–water partition coefficient (Wildman–Crippen LogP) is 1.78. The highest BCUT2D eigenvalue weighted by molar-refractivity contribution is 5.94. The Morgan fingerprint density at radius 2 is 2.22 bits per heavy atom. The summed E-state index contributed by atoms with van der Waals surface area (Å²) in [6.45, 7) is 5.28. The third-order valence-corrected chi connectivity index (χ3v) is 5.16. The summed E-state index contributed by atoms with van der Waals surface area (Å²) in [5.74, 6) is 0.738. The molecule has 2 aromatic heterocycles. The maximum atomic E-state index is 13.1. The highest BCUT2D eigenvalue weighted by atomic mass is 16.3. The average Bonchev–Trinajstić information content (AvgIpc) is 3.28. The van der Waals surface area contributed by atoms with Crippen molar-refractivity contribution in [2.45, 2.75) is 45.3 Å². The van der Waals surface area contributed by atoms with Crippen LogP contribution in [0.4, 0.5) is 0 Å². The van der Waals surface area contributed by atoms with Gasteiger partial charge in [-0.2, -0.15) is 5.10 Å². The molecular formula is C20H31N5O2. The van der Waals surface area contributed by atoms with Gasteiger partial charge in [-0.1, -0.05) is 0 Å². The number of nitrogens with zero attached hydrogens (tertiary/aromatic N) is 4. The molecule has 148 valence electrons. The number of hydrogen-bond donors (Lipinski definition) is 1. The van der Waals surface area contributed by atoms with Crippen molar-refractivity contribution >= 4 is 5.91 Å². The lowest BCUT2D eigenvalue weighted by Gasteiger charge is -2.25. The molecule has 1 unspecified atom stereocenters. The number of amides is 1. The fraction of sp³-hybridized carbons (Fsp3) is 0.600. The van der Waals surface area contributed by atoms with E-state index in [-0.39, 0.29) is 5.91 Å². The van der Waals surface area contributed by atoms with Crippen molar-refractivity contribution in [3.05, 3.63) is 41.1 Å². The van der Waals surface area contributed by atoms with Crippen LogP contribution in [0.25, 0.3) is 0 Å². The first-order valence-corrected chi connectivity index (χ1v) is 9.74. The van der Waals surface area contributed by atoms with Gasteiger partial charge in [-0.25, -0.2) is 0 Å². The van der Waals surface area contributed by atoms with Crippen molar-refractivity contribution in [2.24, 2.45) is 0 Å². The molecule has 1 amide bonds. The van der Waals surface area contributed by atoms with E-state index in [0.29, 0.717) is 18.3 Å². The smallest absolute Gasteiger partial charge is 0.274 e. The van der Waals surface area contributed by atoms with Crippen LogP contribution in [0, 0.1) is 0 Å². The third kappa shape index (κ3) is 4.59. The molecule has 3 rings (SSSR count). The molecule has 1 aliphatic rings. The van der Waals surface area contributed by atoms with Crippen molar-refractivity contribution in [3.8, 4) is 0 Å². The van der Waals surface area contributed by atoms with Gasteiger partial charge in [0.2, 0.25) is 0 Å². The molecule has 0 radical (unpaired) electrons. The molecule has 7 nitrogen and oxygen atoms in total. The van der Waals surface area contributed by atoms with Crippen LogP contribution in [0.2, 0.25) is 0 Å². The summed E-state index contributed by atoms with van der Waals surface area (Å²) in [7, 11) is 5.97. The standard InChI is InChI=1S/C20H31N5O2/c1-5-25-18-9-8-15(21-10-11-23(2)3)13-17(18)19(22-25)20(26)24(4)14-16-7-6-12-27-16/h6-7,12,15,21H,5,8-11,13-14H2,1-4H3. The second-order valence-electron chi connectivity index (χ2n) is 7.53. The van der Waals surface area contributed by atoms with Crippen LogP contribution in [0.15, 0.2) is 22.8 Å². The molecule has 7 heteroatoms. The second kappa shape index (κ2) is 8.71. The van der Waals surface area contributed by atoms with E-state index < -0.39 is 0 Å². The summed E-state index contributed by atoms with van der Waals surface area (Å²) in [4.78, 5) is 16.9. The van der Waals surface area contributed by atoms with E-state index in [1.165, 1.54) is 5.69 Å². The number of carbonyl (C=O) groups is 1. The lowest BCUT2D eigenvalue weighted by Crippen LogP contribution is -2.39. The van der Waals surface area contributed by atoms with Crippen molar-refractivity contribution in [3.63, 3.8) is 0 Å². The number of carbonyl (C=O) groups excluding carboxylic acids is 1. The van der Waals surface area contributed by atoms with Gasteiger partial charge in [0.15, 0.2) is 5.69 Å². The van der Waals surface area contributed by atoms with Crippen LogP contribution in [-0.2, 0) is 25.9 Å². The number of hydrogen-bond acceptors (Lipinski definition) is 5. The molecule has 0 fully saturated rings. The Morgan fingerprint density at radius 3 is 2.89 bits per heavy atom. The van der Waals surface area contributed by atoms with Crippen LogP contribution >= 0.6 is 0 Å². The first kappa shape index (κ1) is 19.6. The Balaban J connectivity index is 1.74. The van der Waals surface area contributed by atoms with Gasteiger partial charge in [0.05, 0.1) is 12.8 Å².